The van der Waals surface area contributed by atoms with E-state index in [2.05, 4.69) is 24.0 Å². The van der Waals surface area contributed by atoms with Crippen LogP contribution in [0.5, 0.6) is 0 Å². The Hall–Kier alpha value is -2.30. The standard InChI is InChI=1S/C15H18N2O3/c1-12-4-2-3-5-13(12)16-8-10-17(11-9-16)14(18)6-7-15(19)20/h2-7H,8-11H2,1H3,(H,19,20). The van der Waals surface area contributed by atoms with Gasteiger partial charge in [-0.05, 0) is 18.6 Å². The second-order valence-corrected chi connectivity index (χ2v) is 4.77. The summed E-state index contributed by atoms with van der Waals surface area (Å²) in [5, 5.41) is 8.52. The molecule has 1 N–H and O–H groups in total. The number of benzene rings is 1. The number of aliphatic carboxylic acids is 1. The second-order valence-electron chi connectivity index (χ2n) is 4.77. The van der Waals surface area contributed by atoms with E-state index < -0.39 is 5.97 Å². The van der Waals surface area contributed by atoms with E-state index in [1.54, 1.807) is 4.90 Å². The largest absolute Gasteiger partial charge is 0.478 e. The van der Waals surface area contributed by atoms with E-state index in [1.165, 1.54) is 11.3 Å². The summed E-state index contributed by atoms with van der Waals surface area (Å²) in [6.45, 7) is 4.81. The molecule has 1 amide bonds. The molecule has 1 aromatic carbocycles. The van der Waals surface area contributed by atoms with Crippen molar-refractivity contribution in [2.24, 2.45) is 0 Å². The number of carboxylic acid groups (broad SMARTS) is 1. The van der Waals surface area contributed by atoms with Gasteiger partial charge in [-0.15, -0.1) is 0 Å². The number of amides is 1. The number of aryl methyl sites for hydroxylation is 1. The predicted molar refractivity (Wildman–Crippen MR) is 76.7 cm³/mol. The molecule has 0 spiro atoms. The van der Waals surface area contributed by atoms with Crippen molar-refractivity contribution in [3.63, 3.8) is 0 Å². The van der Waals surface area contributed by atoms with Gasteiger partial charge in [0.05, 0.1) is 0 Å². The minimum atomic E-state index is -1.10. The summed E-state index contributed by atoms with van der Waals surface area (Å²) in [4.78, 5) is 26.1. The Balaban J connectivity index is 1.94. The molecule has 1 aromatic rings. The lowest BCUT2D eigenvalue weighted by atomic mass is 10.1. The van der Waals surface area contributed by atoms with Gasteiger partial charge in [-0.2, -0.15) is 0 Å². The van der Waals surface area contributed by atoms with Gasteiger partial charge in [0.1, 0.15) is 0 Å². The number of para-hydroxylation sites is 1. The van der Waals surface area contributed by atoms with Gasteiger partial charge in [-0.3, -0.25) is 4.79 Å². The van der Waals surface area contributed by atoms with Crippen LogP contribution in [0.25, 0.3) is 0 Å². The molecule has 0 unspecified atom stereocenters. The number of carbonyl (C=O) groups excluding carboxylic acids is 1. The highest BCUT2D eigenvalue weighted by Crippen LogP contribution is 2.20. The van der Waals surface area contributed by atoms with Crippen LogP contribution in [0.1, 0.15) is 5.56 Å². The number of hydrogen-bond donors (Lipinski definition) is 1. The van der Waals surface area contributed by atoms with Gasteiger partial charge in [-0.1, -0.05) is 18.2 Å². The Morgan fingerprint density at radius 3 is 2.35 bits per heavy atom. The van der Waals surface area contributed by atoms with Crippen LogP contribution in [0.4, 0.5) is 5.69 Å². The quantitative estimate of drug-likeness (QED) is 0.844. The first-order valence-electron chi connectivity index (χ1n) is 6.58. The van der Waals surface area contributed by atoms with Crippen molar-refractivity contribution in [1.29, 1.82) is 0 Å². The SMILES string of the molecule is Cc1ccccc1N1CCN(C(=O)C=CC(=O)O)CC1. The van der Waals surface area contributed by atoms with E-state index >= 15 is 0 Å². The van der Waals surface area contributed by atoms with Crippen molar-refractivity contribution in [1.82, 2.24) is 4.90 Å². The smallest absolute Gasteiger partial charge is 0.328 e. The monoisotopic (exact) mass is 274 g/mol. The number of carbonyl (C=O) groups is 2. The molecule has 2 rings (SSSR count). The lowest BCUT2D eigenvalue weighted by Gasteiger charge is -2.36. The third-order valence-corrected chi connectivity index (χ3v) is 3.42. The van der Waals surface area contributed by atoms with E-state index in [1.807, 2.05) is 12.1 Å². The Kier molecular flexibility index (Phi) is 4.40. The van der Waals surface area contributed by atoms with Gasteiger partial charge in [0, 0.05) is 44.0 Å². The fourth-order valence-corrected chi connectivity index (χ4v) is 2.33. The molecule has 1 aliphatic heterocycles. The summed E-state index contributed by atoms with van der Waals surface area (Å²) in [5.74, 6) is -1.34. The molecule has 106 valence electrons. The summed E-state index contributed by atoms with van der Waals surface area (Å²) in [7, 11) is 0. The first kappa shape index (κ1) is 14.1. The highest BCUT2D eigenvalue weighted by molar-refractivity contribution is 5.94. The van der Waals surface area contributed by atoms with Crippen molar-refractivity contribution in [3.05, 3.63) is 42.0 Å². The zero-order valence-corrected chi connectivity index (χ0v) is 11.5. The summed E-state index contributed by atoms with van der Waals surface area (Å²) in [6.07, 6.45) is 2.00. The molecule has 1 fully saturated rings. The Bertz CT molecular complexity index is 532. The summed E-state index contributed by atoms with van der Waals surface area (Å²) < 4.78 is 0. The first-order chi connectivity index (χ1) is 9.58. The predicted octanol–water partition coefficient (Wildman–Crippen LogP) is 1.28. The number of hydrogen-bond acceptors (Lipinski definition) is 3. The number of nitrogens with zero attached hydrogens (tertiary/aromatic N) is 2. The van der Waals surface area contributed by atoms with Crippen molar-refractivity contribution in [2.45, 2.75) is 6.92 Å². The number of carboxylic acids is 1. The third-order valence-electron chi connectivity index (χ3n) is 3.42. The number of anilines is 1. The van der Waals surface area contributed by atoms with E-state index in [0.717, 1.165) is 25.2 Å². The number of piperazine rings is 1. The van der Waals surface area contributed by atoms with Crippen LogP contribution in [0, 0.1) is 6.92 Å². The topological polar surface area (TPSA) is 60.9 Å². The van der Waals surface area contributed by atoms with Gasteiger partial charge >= 0.3 is 5.97 Å². The zero-order valence-electron chi connectivity index (χ0n) is 11.5. The Morgan fingerprint density at radius 2 is 1.75 bits per heavy atom. The van der Waals surface area contributed by atoms with Gasteiger partial charge in [0.25, 0.3) is 0 Å². The minimum Gasteiger partial charge on any atom is -0.478 e. The average Bonchev–Trinajstić information content (AvgIpc) is 2.45. The lowest BCUT2D eigenvalue weighted by molar-refractivity contribution is -0.132. The Labute approximate surface area is 118 Å². The molecule has 0 saturated carbocycles. The van der Waals surface area contributed by atoms with Crippen molar-refractivity contribution in [3.8, 4) is 0 Å². The van der Waals surface area contributed by atoms with Crippen LogP contribution in [-0.2, 0) is 9.59 Å². The maximum absolute atomic E-state index is 11.8. The Morgan fingerprint density at radius 1 is 1.10 bits per heavy atom. The second kappa shape index (κ2) is 6.23. The molecular formula is C15H18N2O3. The van der Waals surface area contributed by atoms with Gasteiger partial charge < -0.3 is 14.9 Å². The number of rotatable bonds is 3. The average molecular weight is 274 g/mol. The maximum Gasteiger partial charge on any atom is 0.328 e. The molecule has 1 saturated heterocycles. The van der Waals surface area contributed by atoms with Crippen LogP contribution in [0.15, 0.2) is 36.4 Å². The molecule has 0 aliphatic carbocycles. The molecule has 5 heteroatoms. The molecule has 0 bridgehead atoms. The van der Waals surface area contributed by atoms with Crippen molar-refractivity contribution in [2.75, 3.05) is 31.1 Å². The van der Waals surface area contributed by atoms with Crippen molar-refractivity contribution < 1.29 is 14.7 Å². The molecular weight excluding hydrogens is 256 g/mol. The van der Waals surface area contributed by atoms with E-state index in [4.69, 9.17) is 5.11 Å². The zero-order chi connectivity index (χ0) is 14.5. The highest BCUT2D eigenvalue weighted by Gasteiger charge is 2.20. The van der Waals surface area contributed by atoms with Gasteiger partial charge in [0.15, 0.2) is 0 Å². The highest BCUT2D eigenvalue weighted by atomic mass is 16.4. The van der Waals surface area contributed by atoms with Crippen LogP contribution in [-0.4, -0.2) is 48.1 Å². The lowest BCUT2D eigenvalue weighted by Crippen LogP contribution is -2.48. The fourth-order valence-electron chi connectivity index (χ4n) is 2.33. The fraction of sp³-hybridized carbons (Fsp3) is 0.333. The van der Waals surface area contributed by atoms with Gasteiger partial charge in [-0.25, -0.2) is 4.79 Å². The van der Waals surface area contributed by atoms with E-state index in [-0.39, 0.29) is 5.91 Å². The molecule has 1 aliphatic rings. The van der Waals surface area contributed by atoms with Crippen molar-refractivity contribution >= 4 is 17.6 Å². The van der Waals surface area contributed by atoms with E-state index in [9.17, 15) is 9.59 Å². The molecule has 20 heavy (non-hydrogen) atoms. The van der Waals surface area contributed by atoms with Crippen LogP contribution in [0.2, 0.25) is 0 Å². The molecule has 0 aromatic heterocycles. The first-order valence-corrected chi connectivity index (χ1v) is 6.58. The normalized spacial score (nSPS) is 15.7. The van der Waals surface area contributed by atoms with Crippen LogP contribution < -0.4 is 4.90 Å². The summed E-state index contributed by atoms with van der Waals surface area (Å²) in [5.41, 5.74) is 2.42. The van der Waals surface area contributed by atoms with E-state index in [0.29, 0.717) is 13.1 Å². The molecule has 1 heterocycles. The summed E-state index contributed by atoms with van der Waals surface area (Å²) >= 11 is 0. The third kappa shape index (κ3) is 3.38. The summed E-state index contributed by atoms with van der Waals surface area (Å²) in [6, 6.07) is 8.17. The van der Waals surface area contributed by atoms with Crippen LogP contribution >= 0.6 is 0 Å². The van der Waals surface area contributed by atoms with Crippen LogP contribution in [0.3, 0.4) is 0 Å². The molecule has 0 radical (unpaired) electrons. The minimum absolute atomic E-state index is 0.239. The van der Waals surface area contributed by atoms with Gasteiger partial charge in [0.2, 0.25) is 5.91 Å². The molecule has 0 atom stereocenters. The maximum atomic E-state index is 11.8. The molecule has 5 nitrogen and oxygen atoms in total.